The number of carbonyl (C=O) groups excluding carboxylic acids is 1. The van der Waals surface area contributed by atoms with E-state index in [1.165, 1.54) is 7.11 Å². The van der Waals surface area contributed by atoms with E-state index in [0.717, 1.165) is 19.3 Å². The Balaban J connectivity index is 3.50. The van der Waals surface area contributed by atoms with Gasteiger partial charge in [-0.25, -0.2) is 0 Å². The third kappa shape index (κ3) is 5.13. The Kier molecular flexibility index (Phi) is 6.76. The van der Waals surface area contributed by atoms with E-state index in [-0.39, 0.29) is 18.5 Å². The van der Waals surface area contributed by atoms with Crippen LogP contribution in [-0.4, -0.2) is 24.8 Å². The first-order valence-corrected chi connectivity index (χ1v) is 4.42. The summed E-state index contributed by atoms with van der Waals surface area (Å²) < 4.78 is 4.50. The molecular weight excluding hydrogens is 156 g/mol. The molecule has 1 atom stereocenters. The second-order valence-corrected chi connectivity index (χ2v) is 2.95. The van der Waals surface area contributed by atoms with Gasteiger partial charge in [-0.1, -0.05) is 13.3 Å². The molecule has 0 aliphatic heterocycles. The van der Waals surface area contributed by atoms with Gasteiger partial charge in [0, 0.05) is 13.0 Å². The molecule has 0 amide bonds. The lowest BCUT2D eigenvalue weighted by Gasteiger charge is -2.10. The fraction of sp³-hybridized carbons (Fsp3) is 0.889. The third-order valence-electron chi connectivity index (χ3n) is 1.94. The number of aliphatic hydroxyl groups excluding tert-OH is 1. The molecule has 0 saturated carbocycles. The summed E-state index contributed by atoms with van der Waals surface area (Å²) in [5.41, 5.74) is 0. The van der Waals surface area contributed by atoms with Crippen molar-refractivity contribution in [3.8, 4) is 0 Å². The Morgan fingerprint density at radius 3 is 2.58 bits per heavy atom. The van der Waals surface area contributed by atoms with Gasteiger partial charge < -0.3 is 9.84 Å². The van der Waals surface area contributed by atoms with Crippen molar-refractivity contribution in [3.05, 3.63) is 0 Å². The van der Waals surface area contributed by atoms with Gasteiger partial charge in [-0.2, -0.15) is 0 Å². The van der Waals surface area contributed by atoms with Gasteiger partial charge >= 0.3 is 5.97 Å². The van der Waals surface area contributed by atoms with Gasteiger partial charge in [0.15, 0.2) is 0 Å². The predicted octanol–water partition coefficient (Wildman–Crippen LogP) is 1.35. The van der Waals surface area contributed by atoms with Crippen molar-refractivity contribution in [2.75, 3.05) is 13.7 Å². The topological polar surface area (TPSA) is 46.5 Å². The zero-order valence-electron chi connectivity index (χ0n) is 7.88. The summed E-state index contributed by atoms with van der Waals surface area (Å²) in [4.78, 5) is 10.7. The number of hydrogen-bond acceptors (Lipinski definition) is 3. The summed E-state index contributed by atoms with van der Waals surface area (Å²) in [5.74, 6) is 0.0682. The van der Waals surface area contributed by atoms with Crippen LogP contribution in [0, 0.1) is 5.92 Å². The van der Waals surface area contributed by atoms with Gasteiger partial charge in [-0.05, 0) is 18.8 Å². The Hall–Kier alpha value is -0.570. The van der Waals surface area contributed by atoms with Crippen LogP contribution in [0.2, 0.25) is 0 Å². The normalized spacial score (nSPS) is 12.6. The van der Waals surface area contributed by atoms with E-state index in [0.29, 0.717) is 6.42 Å². The molecule has 0 fully saturated rings. The smallest absolute Gasteiger partial charge is 0.305 e. The van der Waals surface area contributed by atoms with E-state index in [1.807, 2.05) is 0 Å². The third-order valence-corrected chi connectivity index (χ3v) is 1.94. The molecule has 12 heavy (non-hydrogen) atoms. The monoisotopic (exact) mass is 174 g/mol. The maximum atomic E-state index is 10.7. The molecule has 0 aromatic heterocycles. The number of ether oxygens (including phenoxy) is 1. The number of methoxy groups -OCH3 is 1. The molecule has 0 aromatic carbocycles. The van der Waals surface area contributed by atoms with Gasteiger partial charge in [-0.3, -0.25) is 4.79 Å². The highest BCUT2D eigenvalue weighted by Crippen LogP contribution is 2.12. The number of hydrogen-bond donors (Lipinski definition) is 1. The van der Waals surface area contributed by atoms with Crippen LogP contribution in [0.5, 0.6) is 0 Å². The highest BCUT2D eigenvalue weighted by molar-refractivity contribution is 5.69. The molecule has 72 valence electrons. The zero-order chi connectivity index (χ0) is 9.40. The molecule has 0 saturated heterocycles. The molecule has 0 heterocycles. The molecule has 1 N–H and O–H groups in total. The maximum absolute atomic E-state index is 10.7. The molecule has 0 radical (unpaired) electrons. The second-order valence-electron chi connectivity index (χ2n) is 2.95. The Bertz CT molecular complexity index is 123. The molecule has 0 bridgehead atoms. The summed E-state index contributed by atoms with van der Waals surface area (Å²) in [6.45, 7) is 2.24. The van der Waals surface area contributed by atoms with Crippen LogP contribution >= 0.6 is 0 Å². The van der Waals surface area contributed by atoms with Crippen molar-refractivity contribution >= 4 is 5.97 Å². The van der Waals surface area contributed by atoms with Crippen LogP contribution in [0.4, 0.5) is 0 Å². The van der Waals surface area contributed by atoms with E-state index < -0.39 is 0 Å². The predicted molar refractivity (Wildman–Crippen MR) is 46.7 cm³/mol. The van der Waals surface area contributed by atoms with Gasteiger partial charge in [0.2, 0.25) is 0 Å². The van der Waals surface area contributed by atoms with Crippen molar-refractivity contribution < 1.29 is 14.6 Å². The van der Waals surface area contributed by atoms with E-state index in [4.69, 9.17) is 5.11 Å². The highest BCUT2D eigenvalue weighted by atomic mass is 16.5. The summed E-state index contributed by atoms with van der Waals surface area (Å²) in [7, 11) is 1.39. The molecule has 0 aliphatic carbocycles. The van der Waals surface area contributed by atoms with Crippen molar-refractivity contribution in [1.82, 2.24) is 0 Å². The SMILES string of the molecule is CCCC(CO)CCC(=O)OC. The minimum Gasteiger partial charge on any atom is -0.469 e. The minimum atomic E-state index is -0.190. The van der Waals surface area contributed by atoms with Crippen molar-refractivity contribution in [3.63, 3.8) is 0 Å². The molecule has 3 heteroatoms. The minimum absolute atomic E-state index is 0.171. The van der Waals surface area contributed by atoms with Crippen molar-refractivity contribution in [1.29, 1.82) is 0 Å². The summed E-state index contributed by atoms with van der Waals surface area (Å²) >= 11 is 0. The first kappa shape index (κ1) is 11.4. The average Bonchev–Trinajstić information content (AvgIpc) is 2.11. The Morgan fingerprint density at radius 2 is 2.17 bits per heavy atom. The lowest BCUT2D eigenvalue weighted by Crippen LogP contribution is -2.09. The fourth-order valence-electron chi connectivity index (χ4n) is 1.16. The van der Waals surface area contributed by atoms with E-state index in [2.05, 4.69) is 11.7 Å². The largest absolute Gasteiger partial charge is 0.469 e. The second kappa shape index (κ2) is 7.10. The number of aliphatic hydroxyl groups is 1. The fourth-order valence-corrected chi connectivity index (χ4v) is 1.16. The quantitative estimate of drug-likeness (QED) is 0.618. The van der Waals surface area contributed by atoms with Gasteiger partial charge in [0.05, 0.1) is 7.11 Å². The summed E-state index contributed by atoms with van der Waals surface area (Å²) in [5, 5.41) is 8.89. The van der Waals surface area contributed by atoms with E-state index in [9.17, 15) is 4.79 Å². The van der Waals surface area contributed by atoms with E-state index in [1.54, 1.807) is 0 Å². The van der Waals surface area contributed by atoms with Gasteiger partial charge in [0.1, 0.15) is 0 Å². The maximum Gasteiger partial charge on any atom is 0.305 e. The molecule has 3 nitrogen and oxygen atoms in total. The lowest BCUT2D eigenvalue weighted by molar-refractivity contribution is -0.141. The number of carbonyl (C=O) groups is 1. The Labute approximate surface area is 73.7 Å². The van der Waals surface area contributed by atoms with Gasteiger partial charge in [-0.15, -0.1) is 0 Å². The average molecular weight is 174 g/mol. The van der Waals surface area contributed by atoms with E-state index >= 15 is 0 Å². The van der Waals surface area contributed by atoms with Crippen LogP contribution in [0.15, 0.2) is 0 Å². The first-order chi connectivity index (χ1) is 5.74. The summed E-state index contributed by atoms with van der Waals surface area (Å²) in [6.07, 6.45) is 3.18. The van der Waals surface area contributed by atoms with Crippen LogP contribution in [-0.2, 0) is 9.53 Å². The Morgan fingerprint density at radius 1 is 1.50 bits per heavy atom. The molecule has 0 aliphatic rings. The van der Waals surface area contributed by atoms with Crippen LogP contribution in [0.3, 0.4) is 0 Å². The van der Waals surface area contributed by atoms with Crippen LogP contribution in [0.25, 0.3) is 0 Å². The molecule has 0 aromatic rings. The van der Waals surface area contributed by atoms with Crippen LogP contribution in [0.1, 0.15) is 32.6 Å². The van der Waals surface area contributed by atoms with Crippen molar-refractivity contribution in [2.24, 2.45) is 5.92 Å². The van der Waals surface area contributed by atoms with Crippen LogP contribution < -0.4 is 0 Å². The molecule has 0 rings (SSSR count). The highest BCUT2D eigenvalue weighted by Gasteiger charge is 2.09. The number of rotatable bonds is 6. The summed E-state index contributed by atoms with van der Waals surface area (Å²) in [6, 6.07) is 0. The first-order valence-electron chi connectivity index (χ1n) is 4.42. The standard InChI is InChI=1S/C9H18O3/c1-3-4-8(7-10)5-6-9(11)12-2/h8,10H,3-7H2,1-2H3. The molecular formula is C9H18O3. The molecule has 1 unspecified atom stereocenters. The lowest BCUT2D eigenvalue weighted by atomic mass is 9.99. The van der Waals surface area contributed by atoms with Gasteiger partial charge in [0.25, 0.3) is 0 Å². The van der Waals surface area contributed by atoms with Crippen molar-refractivity contribution in [2.45, 2.75) is 32.6 Å². The number of esters is 1. The molecule has 0 spiro atoms. The zero-order valence-corrected chi connectivity index (χ0v) is 7.88.